The minimum absolute atomic E-state index is 0.242. The summed E-state index contributed by atoms with van der Waals surface area (Å²) in [5.74, 6) is -0.732. The van der Waals surface area contributed by atoms with Crippen molar-refractivity contribution >= 4 is 33.3 Å². The van der Waals surface area contributed by atoms with Gasteiger partial charge in [-0.15, -0.1) is 0 Å². The topological polar surface area (TPSA) is 92.8 Å². The normalized spacial score (nSPS) is 13.2. The SMILES string of the molecule is CCOC(=O)c1ccc(NC(=O)c2ccc3c(c2)CCCN3S(=O)(=O)c2ccccc2)cc1. The predicted octanol–water partition coefficient (Wildman–Crippen LogP) is 4.26. The van der Waals surface area contributed by atoms with Gasteiger partial charge in [-0.25, -0.2) is 13.2 Å². The maximum Gasteiger partial charge on any atom is 0.338 e. The number of benzene rings is 3. The molecule has 3 aromatic carbocycles. The van der Waals surface area contributed by atoms with Gasteiger partial charge in [-0.1, -0.05) is 18.2 Å². The van der Waals surface area contributed by atoms with Crippen molar-refractivity contribution < 1.29 is 22.7 Å². The monoisotopic (exact) mass is 464 g/mol. The number of hydrogen-bond donors (Lipinski definition) is 1. The summed E-state index contributed by atoms with van der Waals surface area (Å²) in [6.45, 7) is 2.42. The molecule has 0 bridgehead atoms. The number of esters is 1. The molecule has 0 aromatic heterocycles. The van der Waals surface area contributed by atoms with Crippen LogP contribution in [0.3, 0.4) is 0 Å². The van der Waals surface area contributed by atoms with Crippen molar-refractivity contribution in [1.82, 2.24) is 0 Å². The summed E-state index contributed by atoms with van der Waals surface area (Å²) in [4.78, 5) is 24.8. The van der Waals surface area contributed by atoms with E-state index in [1.807, 2.05) is 0 Å². The molecular formula is C25H24N2O5S. The van der Waals surface area contributed by atoms with Crippen molar-refractivity contribution in [3.63, 3.8) is 0 Å². The van der Waals surface area contributed by atoms with Gasteiger partial charge in [0, 0.05) is 17.8 Å². The molecule has 7 nitrogen and oxygen atoms in total. The van der Waals surface area contributed by atoms with Gasteiger partial charge in [0.25, 0.3) is 15.9 Å². The minimum Gasteiger partial charge on any atom is -0.462 e. The Labute approximate surface area is 193 Å². The third-order valence-electron chi connectivity index (χ3n) is 5.40. The molecule has 33 heavy (non-hydrogen) atoms. The van der Waals surface area contributed by atoms with E-state index >= 15 is 0 Å². The number of ether oxygens (including phenoxy) is 1. The molecule has 1 N–H and O–H groups in total. The molecule has 0 aliphatic carbocycles. The number of anilines is 2. The number of carbonyl (C=O) groups is 2. The second-order valence-electron chi connectivity index (χ2n) is 7.59. The molecule has 0 radical (unpaired) electrons. The van der Waals surface area contributed by atoms with E-state index in [-0.39, 0.29) is 10.8 Å². The van der Waals surface area contributed by atoms with Crippen LogP contribution in [0.1, 0.15) is 39.6 Å². The highest BCUT2D eigenvalue weighted by molar-refractivity contribution is 7.92. The van der Waals surface area contributed by atoms with Crippen molar-refractivity contribution in [3.8, 4) is 0 Å². The predicted molar refractivity (Wildman–Crippen MR) is 126 cm³/mol. The smallest absolute Gasteiger partial charge is 0.338 e. The summed E-state index contributed by atoms with van der Waals surface area (Å²) in [6, 6.07) is 19.8. The molecule has 1 aliphatic rings. The molecule has 170 valence electrons. The molecule has 0 spiro atoms. The maximum absolute atomic E-state index is 13.1. The number of hydrogen-bond acceptors (Lipinski definition) is 5. The third kappa shape index (κ3) is 4.75. The fourth-order valence-electron chi connectivity index (χ4n) is 3.78. The van der Waals surface area contributed by atoms with Crippen molar-refractivity contribution in [2.75, 3.05) is 22.8 Å². The second-order valence-corrected chi connectivity index (χ2v) is 9.45. The summed E-state index contributed by atoms with van der Waals surface area (Å²) in [7, 11) is -3.68. The lowest BCUT2D eigenvalue weighted by Crippen LogP contribution is -2.35. The van der Waals surface area contributed by atoms with Crippen LogP contribution >= 0.6 is 0 Å². The highest BCUT2D eigenvalue weighted by Gasteiger charge is 2.29. The first-order chi connectivity index (χ1) is 15.9. The number of nitrogens with zero attached hydrogens (tertiary/aromatic N) is 1. The average Bonchev–Trinajstić information content (AvgIpc) is 2.84. The molecular weight excluding hydrogens is 440 g/mol. The highest BCUT2D eigenvalue weighted by Crippen LogP contribution is 2.32. The van der Waals surface area contributed by atoms with Gasteiger partial charge in [-0.05, 0) is 79.9 Å². The van der Waals surface area contributed by atoms with Crippen molar-refractivity contribution in [2.24, 2.45) is 0 Å². The number of sulfonamides is 1. The Morgan fingerprint density at radius 2 is 1.67 bits per heavy atom. The number of nitrogens with one attached hydrogen (secondary N) is 1. The Morgan fingerprint density at radius 1 is 0.970 bits per heavy atom. The minimum atomic E-state index is -3.68. The molecule has 1 amide bonds. The van der Waals surface area contributed by atoms with Crippen molar-refractivity contribution in [2.45, 2.75) is 24.7 Å². The Balaban J connectivity index is 1.53. The van der Waals surface area contributed by atoms with E-state index in [0.29, 0.717) is 48.5 Å². The third-order valence-corrected chi connectivity index (χ3v) is 7.23. The summed E-state index contributed by atoms with van der Waals surface area (Å²) in [5.41, 5.74) is 2.79. The zero-order chi connectivity index (χ0) is 23.4. The average molecular weight is 465 g/mol. The number of aryl methyl sites for hydroxylation is 1. The van der Waals surface area contributed by atoms with E-state index < -0.39 is 16.0 Å². The van der Waals surface area contributed by atoms with Gasteiger partial charge < -0.3 is 10.1 Å². The van der Waals surface area contributed by atoms with E-state index in [0.717, 1.165) is 5.56 Å². The van der Waals surface area contributed by atoms with E-state index in [2.05, 4.69) is 5.32 Å². The van der Waals surface area contributed by atoms with Crippen LogP contribution in [-0.2, 0) is 21.2 Å². The Kier molecular flexibility index (Phi) is 6.46. The fraction of sp³-hybridized carbons (Fsp3) is 0.200. The summed E-state index contributed by atoms with van der Waals surface area (Å²) >= 11 is 0. The van der Waals surface area contributed by atoms with Crippen LogP contribution in [0.15, 0.2) is 77.7 Å². The van der Waals surface area contributed by atoms with E-state index in [1.165, 1.54) is 4.31 Å². The van der Waals surface area contributed by atoms with E-state index in [4.69, 9.17) is 4.74 Å². The fourth-order valence-corrected chi connectivity index (χ4v) is 5.34. The molecule has 1 aliphatic heterocycles. The van der Waals surface area contributed by atoms with Gasteiger partial charge in [-0.2, -0.15) is 0 Å². The first-order valence-electron chi connectivity index (χ1n) is 10.7. The van der Waals surface area contributed by atoms with Crippen LogP contribution in [0, 0.1) is 0 Å². The lowest BCUT2D eigenvalue weighted by Gasteiger charge is -2.30. The second kappa shape index (κ2) is 9.46. The number of carbonyl (C=O) groups excluding carboxylic acids is 2. The Hall–Kier alpha value is -3.65. The molecule has 4 rings (SSSR count). The van der Waals surface area contributed by atoms with Gasteiger partial charge in [0.05, 0.1) is 22.8 Å². The van der Waals surface area contributed by atoms with Crippen LogP contribution < -0.4 is 9.62 Å². The van der Waals surface area contributed by atoms with Crippen LogP contribution in [0.25, 0.3) is 0 Å². The highest BCUT2D eigenvalue weighted by atomic mass is 32.2. The van der Waals surface area contributed by atoms with Crippen LogP contribution in [0.5, 0.6) is 0 Å². The lowest BCUT2D eigenvalue weighted by molar-refractivity contribution is 0.0526. The van der Waals surface area contributed by atoms with Gasteiger partial charge in [0.1, 0.15) is 0 Å². The van der Waals surface area contributed by atoms with Crippen molar-refractivity contribution in [1.29, 1.82) is 0 Å². The molecule has 0 fully saturated rings. The largest absolute Gasteiger partial charge is 0.462 e. The van der Waals surface area contributed by atoms with Crippen LogP contribution in [-0.4, -0.2) is 33.4 Å². The van der Waals surface area contributed by atoms with Crippen molar-refractivity contribution in [3.05, 3.63) is 89.5 Å². The summed E-state index contributed by atoms with van der Waals surface area (Å²) < 4.78 is 32.7. The van der Waals surface area contributed by atoms with Crippen LogP contribution in [0.2, 0.25) is 0 Å². The number of amides is 1. The van der Waals surface area contributed by atoms with E-state index in [9.17, 15) is 18.0 Å². The lowest BCUT2D eigenvalue weighted by atomic mass is 10.0. The van der Waals surface area contributed by atoms with Gasteiger partial charge in [-0.3, -0.25) is 9.10 Å². The van der Waals surface area contributed by atoms with Gasteiger partial charge >= 0.3 is 5.97 Å². The standard InChI is InChI=1S/C25H24N2O5S/c1-2-32-25(29)18-10-13-21(14-11-18)26-24(28)20-12-15-23-19(17-20)7-6-16-27(23)33(30,31)22-8-4-3-5-9-22/h3-5,8-15,17H,2,6-7,16H2,1H3,(H,26,28). The maximum atomic E-state index is 13.1. The quantitative estimate of drug-likeness (QED) is 0.551. The van der Waals surface area contributed by atoms with Gasteiger partial charge in [0.2, 0.25) is 0 Å². The van der Waals surface area contributed by atoms with Gasteiger partial charge in [0.15, 0.2) is 0 Å². The molecule has 8 heteroatoms. The summed E-state index contributed by atoms with van der Waals surface area (Å²) in [5, 5.41) is 2.81. The van der Waals surface area contributed by atoms with E-state index in [1.54, 1.807) is 79.7 Å². The Morgan fingerprint density at radius 3 is 2.36 bits per heavy atom. The zero-order valence-corrected chi connectivity index (χ0v) is 19.0. The summed E-state index contributed by atoms with van der Waals surface area (Å²) in [6.07, 6.45) is 1.35. The number of fused-ring (bicyclic) bond motifs is 1. The molecule has 0 atom stereocenters. The van der Waals surface area contributed by atoms with Crippen LogP contribution in [0.4, 0.5) is 11.4 Å². The first-order valence-corrected chi connectivity index (χ1v) is 12.1. The molecule has 0 unspecified atom stereocenters. The molecule has 0 saturated heterocycles. The molecule has 0 saturated carbocycles. The zero-order valence-electron chi connectivity index (χ0n) is 18.2. The molecule has 3 aromatic rings. The first kappa shape index (κ1) is 22.5. The number of rotatable bonds is 6. The molecule has 1 heterocycles. The Bertz CT molecular complexity index is 1270.